The first-order valence-corrected chi connectivity index (χ1v) is 6.26. The minimum atomic E-state index is 0.163. The van der Waals surface area contributed by atoms with Crippen LogP contribution in [0.3, 0.4) is 0 Å². The van der Waals surface area contributed by atoms with Gasteiger partial charge in [-0.15, -0.1) is 0 Å². The fourth-order valence-electron chi connectivity index (χ4n) is 1.69. The van der Waals surface area contributed by atoms with Crippen molar-refractivity contribution in [2.75, 3.05) is 39.1 Å². The van der Waals surface area contributed by atoms with E-state index in [4.69, 9.17) is 5.73 Å². The Balaban J connectivity index is 2.60. The smallest absolute Gasteiger partial charge is 0.0364 e. The molecule has 0 aliphatic rings. The van der Waals surface area contributed by atoms with Crippen molar-refractivity contribution in [3.05, 3.63) is 29.8 Å². The van der Waals surface area contributed by atoms with Gasteiger partial charge in [-0.05, 0) is 38.2 Å². The fourth-order valence-corrected chi connectivity index (χ4v) is 1.69. The molecule has 1 rings (SSSR count). The standard InChI is InChI=1S/C14H25N3/c1-5-14(15)12-6-8-13(9-7-12)17(4)11-10-16(2)3/h6-9,14H,5,10-11,15H2,1-4H3/t14-/m0/s1. The highest BCUT2D eigenvalue weighted by atomic mass is 15.1. The number of hydrogen-bond acceptors (Lipinski definition) is 3. The third-order valence-corrected chi connectivity index (χ3v) is 3.08. The van der Waals surface area contributed by atoms with Crippen molar-refractivity contribution in [3.63, 3.8) is 0 Å². The van der Waals surface area contributed by atoms with Gasteiger partial charge in [-0.1, -0.05) is 19.1 Å². The minimum Gasteiger partial charge on any atom is -0.373 e. The summed E-state index contributed by atoms with van der Waals surface area (Å²) in [6.45, 7) is 4.21. The monoisotopic (exact) mass is 235 g/mol. The summed E-state index contributed by atoms with van der Waals surface area (Å²) in [6, 6.07) is 8.74. The highest BCUT2D eigenvalue weighted by Gasteiger charge is 2.05. The average molecular weight is 235 g/mol. The van der Waals surface area contributed by atoms with E-state index in [0.29, 0.717) is 0 Å². The molecule has 0 aliphatic carbocycles. The second-order valence-corrected chi connectivity index (χ2v) is 4.83. The number of anilines is 1. The van der Waals surface area contributed by atoms with Crippen molar-refractivity contribution in [2.45, 2.75) is 19.4 Å². The van der Waals surface area contributed by atoms with E-state index >= 15 is 0 Å². The van der Waals surface area contributed by atoms with E-state index in [1.807, 2.05) is 0 Å². The summed E-state index contributed by atoms with van der Waals surface area (Å²) in [5.41, 5.74) is 8.47. The van der Waals surface area contributed by atoms with Gasteiger partial charge in [0.1, 0.15) is 0 Å². The van der Waals surface area contributed by atoms with Crippen molar-refractivity contribution in [1.29, 1.82) is 0 Å². The fraction of sp³-hybridized carbons (Fsp3) is 0.571. The molecule has 0 radical (unpaired) electrons. The average Bonchev–Trinajstić information content (AvgIpc) is 2.35. The van der Waals surface area contributed by atoms with Gasteiger partial charge in [0.05, 0.1) is 0 Å². The molecule has 17 heavy (non-hydrogen) atoms. The molecular formula is C14H25N3. The van der Waals surface area contributed by atoms with E-state index in [1.165, 1.54) is 11.3 Å². The van der Waals surface area contributed by atoms with E-state index in [1.54, 1.807) is 0 Å². The Hall–Kier alpha value is -1.06. The molecule has 3 nitrogen and oxygen atoms in total. The summed E-state index contributed by atoms with van der Waals surface area (Å²) >= 11 is 0. The Kier molecular flexibility index (Phi) is 5.45. The second-order valence-electron chi connectivity index (χ2n) is 4.83. The molecule has 1 aromatic carbocycles. The van der Waals surface area contributed by atoms with Crippen molar-refractivity contribution in [2.24, 2.45) is 5.73 Å². The minimum absolute atomic E-state index is 0.163. The summed E-state index contributed by atoms with van der Waals surface area (Å²) in [6.07, 6.45) is 0.982. The molecule has 0 unspecified atom stereocenters. The topological polar surface area (TPSA) is 32.5 Å². The Morgan fingerprint density at radius 1 is 1.06 bits per heavy atom. The van der Waals surface area contributed by atoms with Crippen LogP contribution in [-0.4, -0.2) is 39.1 Å². The van der Waals surface area contributed by atoms with E-state index in [-0.39, 0.29) is 6.04 Å². The van der Waals surface area contributed by atoms with Crippen molar-refractivity contribution in [1.82, 2.24) is 4.90 Å². The predicted octanol–water partition coefficient (Wildman–Crippen LogP) is 2.09. The van der Waals surface area contributed by atoms with Crippen LogP contribution in [-0.2, 0) is 0 Å². The van der Waals surface area contributed by atoms with Crippen LogP contribution in [0.5, 0.6) is 0 Å². The van der Waals surface area contributed by atoms with Crippen molar-refractivity contribution >= 4 is 5.69 Å². The Morgan fingerprint density at radius 3 is 2.12 bits per heavy atom. The van der Waals surface area contributed by atoms with Crippen LogP contribution >= 0.6 is 0 Å². The first kappa shape index (κ1) is 14.0. The molecule has 3 heteroatoms. The van der Waals surface area contributed by atoms with Crippen LogP contribution in [0.4, 0.5) is 5.69 Å². The van der Waals surface area contributed by atoms with Crippen molar-refractivity contribution in [3.8, 4) is 0 Å². The van der Waals surface area contributed by atoms with Gasteiger partial charge in [-0.3, -0.25) is 0 Å². The molecule has 0 fully saturated rings. The van der Waals surface area contributed by atoms with E-state index < -0.39 is 0 Å². The maximum absolute atomic E-state index is 6.00. The molecule has 0 aliphatic heterocycles. The number of rotatable bonds is 6. The molecule has 2 N–H and O–H groups in total. The van der Waals surface area contributed by atoms with Crippen LogP contribution in [0.2, 0.25) is 0 Å². The third kappa shape index (κ3) is 4.36. The molecule has 1 aromatic rings. The summed E-state index contributed by atoms with van der Waals surface area (Å²) in [5, 5.41) is 0. The molecule has 0 bridgehead atoms. The summed E-state index contributed by atoms with van der Waals surface area (Å²) in [7, 11) is 6.31. The molecule has 96 valence electrons. The molecule has 0 saturated heterocycles. The van der Waals surface area contributed by atoms with Crippen LogP contribution in [0, 0.1) is 0 Å². The SMILES string of the molecule is CC[C@H](N)c1ccc(N(C)CCN(C)C)cc1. The molecular weight excluding hydrogens is 210 g/mol. The third-order valence-electron chi connectivity index (χ3n) is 3.08. The first-order chi connectivity index (χ1) is 8.04. The van der Waals surface area contributed by atoms with E-state index in [9.17, 15) is 0 Å². The molecule has 0 aromatic heterocycles. The number of nitrogens with two attached hydrogens (primary N) is 1. The molecule has 0 heterocycles. The van der Waals surface area contributed by atoms with Gasteiger partial charge in [0.2, 0.25) is 0 Å². The summed E-state index contributed by atoms with van der Waals surface area (Å²) in [4.78, 5) is 4.46. The molecule has 0 spiro atoms. The zero-order chi connectivity index (χ0) is 12.8. The summed E-state index contributed by atoms with van der Waals surface area (Å²) < 4.78 is 0. The molecule has 0 saturated carbocycles. The zero-order valence-corrected chi connectivity index (χ0v) is 11.5. The Labute approximate surface area is 105 Å². The number of hydrogen-bond donors (Lipinski definition) is 1. The number of nitrogens with zero attached hydrogens (tertiary/aromatic N) is 2. The number of likely N-dealkylation sites (N-methyl/N-ethyl adjacent to an activating group) is 2. The largest absolute Gasteiger partial charge is 0.373 e. The first-order valence-electron chi connectivity index (χ1n) is 6.26. The maximum Gasteiger partial charge on any atom is 0.0364 e. The lowest BCUT2D eigenvalue weighted by atomic mass is 10.1. The highest BCUT2D eigenvalue weighted by molar-refractivity contribution is 5.47. The van der Waals surface area contributed by atoms with Gasteiger partial charge in [-0.2, -0.15) is 0 Å². The van der Waals surface area contributed by atoms with Gasteiger partial charge in [0, 0.05) is 31.9 Å². The normalized spacial score (nSPS) is 12.8. The van der Waals surface area contributed by atoms with Crippen LogP contribution in [0.25, 0.3) is 0 Å². The van der Waals surface area contributed by atoms with Gasteiger partial charge in [0.15, 0.2) is 0 Å². The van der Waals surface area contributed by atoms with Gasteiger partial charge in [0.25, 0.3) is 0 Å². The zero-order valence-electron chi connectivity index (χ0n) is 11.5. The highest BCUT2D eigenvalue weighted by Crippen LogP contribution is 2.18. The Morgan fingerprint density at radius 2 is 1.65 bits per heavy atom. The van der Waals surface area contributed by atoms with Crippen LogP contribution < -0.4 is 10.6 Å². The lowest BCUT2D eigenvalue weighted by Crippen LogP contribution is -2.28. The Bertz CT molecular complexity index is 319. The predicted molar refractivity (Wildman–Crippen MR) is 75.5 cm³/mol. The lowest BCUT2D eigenvalue weighted by molar-refractivity contribution is 0.416. The van der Waals surface area contributed by atoms with E-state index in [2.05, 4.69) is 62.1 Å². The van der Waals surface area contributed by atoms with Crippen LogP contribution in [0.1, 0.15) is 24.9 Å². The maximum atomic E-state index is 6.00. The second kappa shape index (κ2) is 6.62. The van der Waals surface area contributed by atoms with Gasteiger partial charge in [-0.25, -0.2) is 0 Å². The molecule has 1 atom stereocenters. The quantitative estimate of drug-likeness (QED) is 0.819. The van der Waals surface area contributed by atoms with Crippen molar-refractivity contribution < 1.29 is 0 Å². The molecule has 0 amide bonds. The number of benzene rings is 1. The van der Waals surface area contributed by atoms with Crippen LogP contribution in [0.15, 0.2) is 24.3 Å². The van der Waals surface area contributed by atoms with E-state index in [0.717, 1.165) is 19.5 Å². The lowest BCUT2D eigenvalue weighted by Gasteiger charge is -2.22. The van der Waals surface area contributed by atoms with Gasteiger partial charge < -0.3 is 15.5 Å². The van der Waals surface area contributed by atoms with Gasteiger partial charge >= 0.3 is 0 Å². The summed E-state index contributed by atoms with van der Waals surface area (Å²) in [5.74, 6) is 0.